The number of aromatic nitrogens is 1. The van der Waals surface area contributed by atoms with Crippen LogP contribution in [0.5, 0.6) is 0 Å². The highest BCUT2D eigenvalue weighted by Gasteiger charge is 2.19. The van der Waals surface area contributed by atoms with Crippen LogP contribution in [0.15, 0.2) is 28.8 Å². The van der Waals surface area contributed by atoms with Crippen LogP contribution in [0.1, 0.15) is 34.3 Å². The summed E-state index contributed by atoms with van der Waals surface area (Å²) in [6.45, 7) is 5.69. The predicted octanol–water partition coefficient (Wildman–Crippen LogP) is 3.11. The van der Waals surface area contributed by atoms with E-state index < -0.39 is 0 Å². The fourth-order valence-electron chi connectivity index (χ4n) is 1.87. The minimum absolute atomic E-state index is 0.170. The molecule has 0 saturated carbocycles. The van der Waals surface area contributed by atoms with E-state index in [0.29, 0.717) is 23.4 Å². The number of hydrogen-bond acceptors (Lipinski definition) is 3. The number of hydrogen-bond donors (Lipinski definition) is 1. The highest BCUT2D eigenvalue weighted by molar-refractivity contribution is 6.05. The first-order chi connectivity index (χ1) is 8.61. The van der Waals surface area contributed by atoms with Crippen molar-refractivity contribution in [3.63, 3.8) is 0 Å². The second kappa shape index (κ2) is 5.04. The third-order valence-electron chi connectivity index (χ3n) is 2.76. The Hall–Kier alpha value is -2.10. The van der Waals surface area contributed by atoms with Gasteiger partial charge in [-0.15, -0.1) is 0 Å². The van der Waals surface area contributed by atoms with Crippen molar-refractivity contribution in [2.24, 2.45) is 0 Å². The summed E-state index contributed by atoms with van der Waals surface area (Å²) in [5.41, 5.74) is 3.05. The number of rotatable bonds is 3. The molecular weight excluding hydrogens is 228 g/mol. The van der Waals surface area contributed by atoms with Gasteiger partial charge in [0, 0.05) is 12.1 Å². The van der Waals surface area contributed by atoms with Crippen LogP contribution >= 0.6 is 0 Å². The lowest BCUT2D eigenvalue weighted by molar-refractivity contribution is 0.102. The highest BCUT2D eigenvalue weighted by Crippen LogP contribution is 2.17. The Labute approximate surface area is 106 Å². The lowest BCUT2D eigenvalue weighted by atomic mass is 10.1. The molecule has 1 aromatic carbocycles. The Balaban J connectivity index is 2.24. The summed E-state index contributed by atoms with van der Waals surface area (Å²) in [5.74, 6) is 0.453. The Kier molecular flexibility index (Phi) is 3.46. The Morgan fingerprint density at radius 2 is 2.17 bits per heavy atom. The molecule has 0 unspecified atom stereocenters. The molecule has 0 aliphatic heterocycles. The number of nitrogens with zero attached hydrogens (tertiary/aromatic N) is 1. The van der Waals surface area contributed by atoms with E-state index in [1.165, 1.54) is 0 Å². The average Bonchev–Trinajstić information content (AvgIpc) is 2.70. The van der Waals surface area contributed by atoms with Gasteiger partial charge in [0.15, 0.2) is 0 Å². The van der Waals surface area contributed by atoms with Crippen LogP contribution in [0.3, 0.4) is 0 Å². The molecule has 1 N–H and O–H groups in total. The van der Waals surface area contributed by atoms with Gasteiger partial charge in [0.2, 0.25) is 0 Å². The molecule has 2 aromatic rings. The first kappa shape index (κ1) is 12.4. The Morgan fingerprint density at radius 1 is 1.39 bits per heavy atom. The smallest absolute Gasteiger partial charge is 0.261 e. The van der Waals surface area contributed by atoms with Crippen LogP contribution in [-0.4, -0.2) is 11.1 Å². The van der Waals surface area contributed by atoms with Crippen molar-refractivity contribution >= 4 is 11.6 Å². The molecule has 0 bridgehead atoms. The highest BCUT2D eigenvalue weighted by atomic mass is 16.5. The molecule has 94 valence electrons. The van der Waals surface area contributed by atoms with E-state index >= 15 is 0 Å². The molecule has 0 aliphatic carbocycles. The lowest BCUT2D eigenvalue weighted by Crippen LogP contribution is -2.14. The molecule has 18 heavy (non-hydrogen) atoms. The monoisotopic (exact) mass is 244 g/mol. The minimum Gasteiger partial charge on any atom is -0.360 e. The van der Waals surface area contributed by atoms with Crippen molar-refractivity contribution in [2.45, 2.75) is 27.2 Å². The van der Waals surface area contributed by atoms with Gasteiger partial charge in [-0.3, -0.25) is 4.79 Å². The van der Waals surface area contributed by atoms with E-state index in [1.54, 1.807) is 6.92 Å². The SMILES string of the molecule is CCc1onc(C)c1C(=O)Nc1cccc(C)c1. The molecule has 1 amide bonds. The molecule has 0 fully saturated rings. The molecule has 0 radical (unpaired) electrons. The normalized spacial score (nSPS) is 10.4. The van der Waals surface area contributed by atoms with E-state index in [0.717, 1.165) is 11.3 Å². The molecule has 1 aromatic heterocycles. The fraction of sp³-hybridized carbons (Fsp3) is 0.286. The largest absolute Gasteiger partial charge is 0.360 e. The molecule has 2 rings (SSSR count). The van der Waals surface area contributed by atoms with Gasteiger partial charge >= 0.3 is 0 Å². The molecule has 4 nitrogen and oxygen atoms in total. The number of anilines is 1. The van der Waals surface area contributed by atoms with Gasteiger partial charge in [-0.1, -0.05) is 24.2 Å². The zero-order valence-electron chi connectivity index (χ0n) is 10.8. The minimum atomic E-state index is -0.170. The van der Waals surface area contributed by atoms with E-state index in [1.807, 2.05) is 38.1 Å². The van der Waals surface area contributed by atoms with Gasteiger partial charge < -0.3 is 9.84 Å². The Morgan fingerprint density at radius 3 is 2.83 bits per heavy atom. The maximum absolute atomic E-state index is 12.2. The van der Waals surface area contributed by atoms with Crippen molar-refractivity contribution in [1.82, 2.24) is 5.16 Å². The second-order valence-electron chi connectivity index (χ2n) is 4.24. The third-order valence-corrected chi connectivity index (χ3v) is 2.76. The van der Waals surface area contributed by atoms with Crippen molar-refractivity contribution in [3.05, 3.63) is 46.8 Å². The van der Waals surface area contributed by atoms with Crippen molar-refractivity contribution in [3.8, 4) is 0 Å². The van der Waals surface area contributed by atoms with Crippen LogP contribution < -0.4 is 5.32 Å². The molecule has 0 aliphatic rings. The molecule has 0 saturated heterocycles. The van der Waals surface area contributed by atoms with Crippen LogP contribution in [0, 0.1) is 13.8 Å². The number of aryl methyl sites for hydroxylation is 3. The van der Waals surface area contributed by atoms with E-state index in [2.05, 4.69) is 10.5 Å². The summed E-state index contributed by atoms with van der Waals surface area (Å²) >= 11 is 0. The van der Waals surface area contributed by atoms with Gasteiger partial charge in [-0.2, -0.15) is 0 Å². The van der Waals surface area contributed by atoms with Crippen LogP contribution in [0.4, 0.5) is 5.69 Å². The molecule has 0 atom stereocenters. The topological polar surface area (TPSA) is 55.1 Å². The summed E-state index contributed by atoms with van der Waals surface area (Å²) in [7, 11) is 0. The van der Waals surface area contributed by atoms with E-state index in [9.17, 15) is 4.79 Å². The molecule has 1 heterocycles. The van der Waals surface area contributed by atoms with Gasteiger partial charge in [-0.05, 0) is 31.5 Å². The van der Waals surface area contributed by atoms with Crippen molar-refractivity contribution < 1.29 is 9.32 Å². The number of carbonyl (C=O) groups excluding carboxylic acids is 1. The maximum Gasteiger partial charge on any atom is 0.261 e. The standard InChI is InChI=1S/C14H16N2O2/c1-4-12-13(10(3)16-18-12)14(17)15-11-7-5-6-9(2)8-11/h5-8H,4H2,1-3H3,(H,15,17). The summed E-state index contributed by atoms with van der Waals surface area (Å²) in [6, 6.07) is 7.68. The Bertz CT molecular complexity index is 573. The zero-order chi connectivity index (χ0) is 13.1. The van der Waals surface area contributed by atoms with Gasteiger partial charge in [0.25, 0.3) is 5.91 Å². The fourth-order valence-corrected chi connectivity index (χ4v) is 1.87. The van der Waals surface area contributed by atoms with Crippen LogP contribution in [0.2, 0.25) is 0 Å². The van der Waals surface area contributed by atoms with Gasteiger partial charge in [0.1, 0.15) is 11.3 Å². The second-order valence-corrected chi connectivity index (χ2v) is 4.24. The molecule has 4 heteroatoms. The molecular formula is C14H16N2O2. The summed E-state index contributed by atoms with van der Waals surface area (Å²) < 4.78 is 5.12. The summed E-state index contributed by atoms with van der Waals surface area (Å²) in [5, 5.41) is 6.69. The number of benzene rings is 1. The first-order valence-electron chi connectivity index (χ1n) is 5.95. The summed E-state index contributed by atoms with van der Waals surface area (Å²) in [4.78, 5) is 12.2. The number of nitrogens with one attached hydrogen (secondary N) is 1. The third kappa shape index (κ3) is 2.42. The quantitative estimate of drug-likeness (QED) is 0.902. The first-order valence-corrected chi connectivity index (χ1v) is 5.95. The van der Waals surface area contributed by atoms with Crippen LogP contribution in [-0.2, 0) is 6.42 Å². The predicted molar refractivity (Wildman–Crippen MR) is 69.8 cm³/mol. The summed E-state index contributed by atoms with van der Waals surface area (Å²) in [6.07, 6.45) is 0.650. The van der Waals surface area contributed by atoms with E-state index in [4.69, 9.17) is 4.52 Å². The van der Waals surface area contributed by atoms with E-state index in [-0.39, 0.29) is 5.91 Å². The molecule has 0 spiro atoms. The van der Waals surface area contributed by atoms with Crippen molar-refractivity contribution in [2.75, 3.05) is 5.32 Å². The lowest BCUT2D eigenvalue weighted by Gasteiger charge is -2.05. The van der Waals surface area contributed by atoms with Gasteiger partial charge in [-0.25, -0.2) is 0 Å². The van der Waals surface area contributed by atoms with Crippen molar-refractivity contribution in [1.29, 1.82) is 0 Å². The number of amides is 1. The van der Waals surface area contributed by atoms with Crippen LogP contribution in [0.25, 0.3) is 0 Å². The zero-order valence-corrected chi connectivity index (χ0v) is 10.8. The average molecular weight is 244 g/mol. The maximum atomic E-state index is 12.2. The number of carbonyl (C=O) groups is 1. The van der Waals surface area contributed by atoms with Gasteiger partial charge in [0.05, 0.1) is 5.69 Å².